The SMILES string of the molecule is CCc1nc(Cl)cc(Oc2ccc(C(C)C)c(C)c2)n1. The smallest absolute Gasteiger partial charge is 0.224 e. The van der Waals surface area contributed by atoms with Crippen molar-refractivity contribution in [1.29, 1.82) is 0 Å². The highest BCUT2D eigenvalue weighted by Gasteiger charge is 2.07. The largest absolute Gasteiger partial charge is 0.439 e. The van der Waals surface area contributed by atoms with E-state index in [1.54, 1.807) is 6.07 Å². The van der Waals surface area contributed by atoms with E-state index in [0.717, 1.165) is 12.2 Å². The van der Waals surface area contributed by atoms with Crippen molar-refractivity contribution in [2.75, 3.05) is 0 Å². The summed E-state index contributed by atoms with van der Waals surface area (Å²) >= 11 is 5.96. The van der Waals surface area contributed by atoms with Crippen LogP contribution >= 0.6 is 11.6 Å². The summed E-state index contributed by atoms with van der Waals surface area (Å²) in [6.45, 7) is 8.44. The molecule has 0 N–H and O–H groups in total. The molecule has 0 unspecified atom stereocenters. The number of benzene rings is 1. The molecular weight excluding hydrogens is 272 g/mol. The average molecular weight is 291 g/mol. The molecule has 0 aliphatic carbocycles. The van der Waals surface area contributed by atoms with E-state index < -0.39 is 0 Å². The van der Waals surface area contributed by atoms with Crippen molar-refractivity contribution < 1.29 is 4.74 Å². The van der Waals surface area contributed by atoms with Crippen LogP contribution < -0.4 is 4.74 Å². The number of hydrogen-bond acceptors (Lipinski definition) is 3. The van der Waals surface area contributed by atoms with Gasteiger partial charge < -0.3 is 4.74 Å². The maximum Gasteiger partial charge on any atom is 0.224 e. The molecule has 1 heterocycles. The third-order valence-electron chi connectivity index (χ3n) is 3.12. The molecule has 1 aromatic carbocycles. The third-order valence-corrected chi connectivity index (χ3v) is 3.31. The average Bonchev–Trinajstić information content (AvgIpc) is 2.37. The maximum atomic E-state index is 5.96. The Morgan fingerprint density at radius 1 is 1.20 bits per heavy atom. The fraction of sp³-hybridized carbons (Fsp3) is 0.375. The number of halogens is 1. The second kappa shape index (κ2) is 6.23. The van der Waals surface area contributed by atoms with Gasteiger partial charge in [-0.3, -0.25) is 0 Å². The van der Waals surface area contributed by atoms with Crippen molar-refractivity contribution in [3.8, 4) is 11.6 Å². The lowest BCUT2D eigenvalue weighted by Gasteiger charge is -2.12. The molecule has 0 amide bonds. The van der Waals surface area contributed by atoms with E-state index in [4.69, 9.17) is 16.3 Å². The van der Waals surface area contributed by atoms with Crippen LogP contribution in [0.1, 0.15) is 43.6 Å². The summed E-state index contributed by atoms with van der Waals surface area (Å²) < 4.78 is 5.78. The van der Waals surface area contributed by atoms with Crippen molar-refractivity contribution in [3.05, 3.63) is 46.4 Å². The van der Waals surface area contributed by atoms with Crippen molar-refractivity contribution in [3.63, 3.8) is 0 Å². The second-order valence-electron chi connectivity index (χ2n) is 5.07. The van der Waals surface area contributed by atoms with Crippen LogP contribution in [0.2, 0.25) is 5.15 Å². The highest BCUT2D eigenvalue weighted by atomic mass is 35.5. The standard InChI is InChI=1S/C16H19ClN2O/c1-5-15-18-14(17)9-16(19-15)20-12-6-7-13(10(2)3)11(4)8-12/h6-10H,5H2,1-4H3. The first-order valence-electron chi connectivity index (χ1n) is 6.81. The van der Waals surface area contributed by atoms with Gasteiger partial charge in [0.15, 0.2) is 0 Å². The molecule has 0 aliphatic heterocycles. The van der Waals surface area contributed by atoms with Gasteiger partial charge in [0, 0.05) is 12.5 Å². The summed E-state index contributed by atoms with van der Waals surface area (Å²) in [6.07, 6.45) is 0.724. The van der Waals surface area contributed by atoms with Crippen LogP contribution in [-0.2, 0) is 6.42 Å². The zero-order valence-corrected chi connectivity index (χ0v) is 13.0. The molecule has 2 rings (SSSR count). The molecule has 3 nitrogen and oxygen atoms in total. The predicted molar refractivity (Wildman–Crippen MR) is 81.8 cm³/mol. The Morgan fingerprint density at radius 2 is 1.95 bits per heavy atom. The first kappa shape index (κ1) is 14.8. The lowest BCUT2D eigenvalue weighted by Crippen LogP contribution is -1.97. The Labute approximate surface area is 125 Å². The Morgan fingerprint density at radius 3 is 2.55 bits per heavy atom. The van der Waals surface area contributed by atoms with Crippen LogP contribution in [0.15, 0.2) is 24.3 Å². The summed E-state index contributed by atoms with van der Waals surface area (Å²) in [5.74, 6) is 2.44. The minimum absolute atomic E-state index is 0.405. The van der Waals surface area contributed by atoms with E-state index in [1.165, 1.54) is 11.1 Å². The molecule has 106 valence electrons. The topological polar surface area (TPSA) is 35.0 Å². The van der Waals surface area contributed by atoms with Crippen molar-refractivity contribution in [1.82, 2.24) is 9.97 Å². The molecule has 0 saturated carbocycles. The summed E-state index contributed by atoms with van der Waals surface area (Å²) in [6, 6.07) is 7.71. The molecule has 0 saturated heterocycles. The summed E-state index contributed by atoms with van der Waals surface area (Å²) in [5.41, 5.74) is 2.54. The van der Waals surface area contributed by atoms with Crippen LogP contribution in [0.5, 0.6) is 11.6 Å². The zero-order chi connectivity index (χ0) is 14.7. The van der Waals surface area contributed by atoms with E-state index in [0.29, 0.717) is 22.8 Å². The van der Waals surface area contributed by atoms with Gasteiger partial charge in [-0.2, -0.15) is 4.98 Å². The quantitative estimate of drug-likeness (QED) is 0.750. The third kappa shape index (κ3) is 3.48. The van der Waals surface area contributed by atoms with Crippen molar-refractivity contribution in [2.45, 2.75) is 40.0 Å². The van der Waals surface area contributed by atoms with Gasteiger partial charge in [0.2, 0.25) is 5.88 Å². The number of ether oxygens (including phenoxy) is 1. The molecule has 0 aliphatic rings. The molecule has 1 aromatic heterocycles. The van der Waals surface area contributed by atoms with Gasteiger partial charge in [-0.1, -0.05) is 38.4 Å². The normalized spacial score (nSPS) is 10.9. The lowest BCUT2D eigenvalue weighted by atomic mass is 9.98. The summed E-state index contributed by atoms with van der Waals surface area (Å²) in [4.78, 5) is 8.44. The highest BCUT2D eigenvalue weighted by molar-refractivity contribution is 6.29. The van der Waals surface area contributed by atoms with Crippen LogP contribution in [-0.4, -0.2) is 9.97 Å². The maximum absolute atomic E-state index is 5.96. The van der Waals surface area contributed by atoms with E-state index in [1.807, 2.05) is 19.1 Å². The van der Waals surface area contributed by atoms with Gasteiger partial charge in [-0.15, -0.1) is 0 Å². The number of rotatable bonds is 4. The van der Waals surface area contributed by atoms with Crippen LogP contribution in [0.3, 0.4) is 0 Å². The summed E-state index contributed by atoms with van der Waals surface area (Å²) in [5, 5.41) is 0.405. The molecule has 0 radical (unpaired) electrons. The summed E-state index contributed by atoms with van der Waals surface area (Å²) in [7, 11) is 0. The Bertz CT molecular complexity index is 611. The van der Waals surface area contributed by atoms with Crippen LogP contribution in [0.25, 0.3) is 0 Å². The van der Waals surface area contributed by atoms with Gasteiger partial charge in [0.1, 0.15) is 16.7 Å². The zero-order valence-electron chi connectivity index (χ0n) is 12.3. The fourth-order valence-corrected chi connectivity index (χ4v) is 2.32. The van der Waals surface area contributed by atoms with E-state index in [-0.39, 0.29) is 0 Å². The van der Waals surface area contributed by atoms with Crippen LogP contribution in [0.4, 0.5) is 0 Å². The van der Waals surface area contributed by atoms with Crippen molar-refractivity contribution in [2.24, 2.45) is 0 Å². The van der Waals surface area contributed by atoms with Gasteiger partial charge in [-0.05, 0) is 36.1 Å². The lowest BCUT2D eigenvalue weighted by molar-refractivity contribution is 0.458. The van der Waals surface area contributed by atoms with E-state index in [9.17, 15) is 0 Å². The Balaban J connectivity index is 2.26. The monoisotopic (exact) mass is 290 g/mol. The van der Waals surface area contributed by atoms with E-state index >= 15 is 0 Å². The minimum atomic E-state index is 0.405. The van der Waals surface area contributed by atoms with Gasteiger partial charge in [0.05, 0.1) is 0 Å². The van der Waals surface area contributed by atoms with Gasteiger partial charge >= 0.3 is 0 Å². The molecule has 20 heavy (non-hydrogen) atoms. The Kier molecular flexibility index (Phi) is 4.61. The number of hydrogen-bond donors (Lipinski definition) is 0. The molecule has 4 heteroatoms. The second-order valence-corrected chi connectivity index (χ2v) is 5.46. The highest BCUT2D eigenvalue weighted by Crippen LogP contribution is 2.27. The fourth-order valence-electron chi connectivity index (χ4n) is 2.13. The van der Waals surface area contributed by atoms with Gasteiger partial charge in [0.25, 0.3) is 0 Å². The minimum Gasteiger partial charge on any atom is -0.439 e. The molecule has 0 bridgehead atoms. The molecular formula is C16H19ClN2O. The first-order chi connectivity index (χ1) is 9.49. The molecule has 2 aromatic rings. The number of aryl methyl sites for hydroxylation is 2. The van der Waals surface area contributed by atoms with E-state index in [2.05, 4.69) is 36.8 Å². The van der Waals surface area contributed by atoms with Crippen LogP contribution in [0, 0.1) is 6.92 Å². The first-order valence-corrected chi connectivity index (χ1v) is 7.19. The molecule has 0 fully saturated rings. The predicted octanol–water partition coefficient (Wildman–Crippen LogP) is 4.92. The number of nitrogens with zero attached hydrogens (tertiary/aromatic N) is 2. The molecule has 0 spiro atoms. The van der Waals surface area contributed by atoms with Crippen molar-refractivity contribution >= 4 is 11.6 Å². The number of aromatic nitrogens is 2. The Hall–Kier alpha value is -1.61. The molecule has 0 atom stereocenters. The van der Waals surface area contributed by atoms with Gasteiger partial charge in [-0.25, -0.2) is 4.98 Å².